The highest BCUT2D eigenvalue weighted by molar-refractivity contribution is 8.18. The lowest BCUT2D eigenvalue weighted by Gasteiger charge is -1.95. The van der Waals surface area contributed by atoms with Crippen LogP contribution in [0, 0.1) is 6.92 Å². The molecule has 0 aliphatic carbocycles. The number of amides is 1. The Hall–Kier alpha value is -2.93. The first-order valence-electron chi connectivity index (χ1n) is 7.24. The standard InChI is InChI=1S/C17H12N4O2S/c1-10-19-13-5-4-11(7-14(13)23-10)8-15-16(22)21-17(24-15)20-12-3-2-6-18-9-12/h2-9H,1H3,(H,20,21,22). The number of aromatic nitrogens is 2. The Balaban J connectivity index is 1.62. The third-order valence-corrected chi connectivity index (χ3v) is 4.25. The molecule has 0 radical (unpaired) electrons. The molecule has 0 unspecified atom stereocenters. The summed E-state index contributed by atoms with van der Waals surface area (Å²) in [7, 11) is 0. The summed E-state index contributed by atoms with van der Waals surface area (Å²) in [5.41, 5.74) is 3.07. The molecule has 118 valence electrons. The summed E-state index contributed by atoms with van der Waals surface area (Å²) in [6, 6.07) is 9.27. The Morgan fingerprint density at radius 3 is 3.08 bits per heavy atom. The van der Waals surface area contributed by atoms with Gasteiger partial charge in [-0.05, 0) is 47.7 Å². The summed E-state index contributed by atoms with van der Waals surface area (Å²) in [5, 5.41) is 3.29. The number of aliphatic imine (C=N–C) groups is 1. The monoisotopic (exact) mass is 336 g/mol. The zero-order valence-electron chi connectivity index (χ0n) is 12.7. The van der Waals surface area contributed by atoms with Gasteiger partial charge in [0, 0.05) is 13.1 Å². The Bertz CT molecular complexity index is 992. The van der Waals surface area contributed by atoms with Crippen molar-refractivity contribution in [2.24, 2.45) is 4.99 Å². The van der Waals surface area contributed by atoms with Crippen molar-refractivity contribution in [1.29, 1.82) is 0 Å². The van der Waals surface area contributed by atoms with Crippen LogP contribution in [0.2, 0.25) is 0 Å². The van der Waals surface area contributed by atoms with Crippen molar-refractivity contribution in [2.75, 3.05) is 0 Å². The minimum atomic E-state index is -0.170. The number of nitrogens with zero attached hydrogens (tertiary/aromatic N) is 3. The second kappa shape index (κ2) is 5.93. The van der Waals surface area contributed by atoms with E-state index in [4.69, 9.17) is 4.42 Å². The Morgan fingerprint density at radius 2 is 2.25 bits per heavy atom. The molecule has 1 amide bonds. The van der Waals surface area contributed by atoms with E-state index in [0.29, 0.717) is 27.2 Å². The molecule has 6 nitrogen and oxygen atoms in total. The highest BCUT2D eigenvalue weighted by Crippen LogP contribution is 2.28. The smallest absolute Gasteiger partial charge is 0.264 e. The number of fused-ring (bicyclic) bond motifs is 1. The lowest BCUT2D eigenvalue weighted by Crippen LogP contribution is -2.19. The summed E-state index contributed by atoms with van der Waals surface area (Å²) in [4.78, 5) is 25.3. The quantitative estimate of drug-likeness (QED) is 0.725. The first-order valence-corrected chi connectivity index (χ1v) is 8.06. The molecule has 3 aromatic rings. The third-order valence-electron chi connectivity index (χ3n) is 3.34. The van der Waals surface area contributed by atoms with E-state index in [0.717, 1.165) is 11.1 Å². The van der Waals surface area contributed by atoms with Gasteiger partial charge in [-0.2, -0.15) is 0 Å². The number of nitrogens with one attached hydrogen (secondary N) is 1. The van der Waals surface area contributed by atoms with E-state index in [-0.39, 0.29) is 5.91 Å². The second-order valence-electron chi connectivity index (χ2n) is 5.15. The topological polar surface area (TPSA) is 80.4 Å². The fourth-order valence-corrected chi connectivity index (χ4v) is 3.16. The Labute approximate surface area is 141 Å². The average Bonchev–Trinajstić information content (AvgIpc) is 3.10. The molecule has 1 N–H and O–H groups in total. The zero-order valence-corrected chi connectivity index (χ0v) is 13.5. The number of rotatable bonds is 2. The molecule has 24 heavy (non-hydrogen) atoms. The maximum absolute atomic E-state index is 12.1. The molecule has 1 aliphatic heterocycles. The molecule has 1 aliphatic rings. The summed E-state index contributed by atoms with van der Waals surface area (Å²) in [6.45, 7) is 1.81. The van der Waals surface area contributed by atoms with Gasteiger partial charge in [0.25, 0.3) is 5.91 Å². The van der Waals surface area contributed by atoms with Gasteiger partial charge in [0.2, 0.25) is 0 Å². The number of hydrogen-bond donors (Lipinski definition) is 1. The molecule has 1 aromatic carbocycles. The second-order valence-corrected chi connectivity index (χ2v) is 6.18. The van der Waals surface area contributed by atoms with Gasteiger partial charge in [-0.3, -0.25) is 9.78 Å². The van der Waals surface area contributed by atoms with Crippen LogP contribution in [-0.2, 0) is 4.79 Å². The predicted molar refractivity (Wildman–Crippen MR) is 93.8 cm³/mol. The number of thioether (sulfide) groups is 1. The Kier molecular flexibility index (Phi) is 3.62. The van der Waals surface area contributed by atoms with Crippen LogP contribution in [0.25, 0.3) is 17.2 Å². The zero-order chi connectivity index (χ0) is 16.5. The van der Waals surface area contributed by atoms with E-state index in [1.165, 1.54) is 11.8 Å². The van der Waals surface area contributed by atoms with Crippen LogP contribution in [0.5, 0.6) is 0 Å². The van der Waals surface area contributed by atoms with Gasteiger partial charge in [0.05, 0.1) is 16.8 Å². The van der Waals surface area contributed by atoms with E-state index in [1.807, 2.05) is 30.3 Å². The van der Waals surface area contributed by atoms with E-state index in [1.54, 1.807) is 25.4 Å². The van der Waals surface area contributed by atoms with E-state index in [2.05, 4.69) is 20.3 Å². The maximum atomic E-state index is 12.1. The molecular formula is C17H12N4O2S. The number of pyridine rings is 1. The number of oxazole rings is 1. The molecule has 2 aromatic heterocycles. The Morgan fingerprint density at radius 1 is 1.33 bits per heavy atom. The number of amidine groups is 1. The van der Waals surface area contributed by atoms with Crippen molar-refractivity contribution in [3.05, 3.63) is 59.1 Å². The third kappa shape index (κ3) is 2.93. The summed E-state index contributed by atoms with van der Waals surface area (Å²) >= 11 is 1.30. The van der Waals surface area contributed by atoms with Crippen LogP contribution >= 0.6 is 11.8 Å². The van der Waals surface area contributed by atoms with E-state index in [9.17, 15) is 4.79 Å². The van der Waals surface area contributed by atoms with Gasteiger partial charge in [0.1, 0.15) is 5.52 Å². The molecule has 0 atom stereocenters. The van der Waals surface area contributed by atoms with E-state index < -0.39 is 0 Å². The van der Waals surface area contributed by atoms with Crippen LogP contribution < -0.4 is 5.32 Å². The first kappa shape index (κ1) is 14.6. The largest absolute Gasteiger partial charge is 0.441 e. The molecule has 3 heterocycles. The molecule has 0 spiro atoms. The first-order chi connectivity index (χ1) is 11.7. The highest BCUT2D eigenvalue weighted by Gasteiger charge is 2.23. The van der Waals surface area contributed by atoms with Gasteiger partial charge in [0.15, 0.2) is 16.6 Å². The average molecular weight is 336 g/mol. The molecule has 0 bridgehead atoms. The molecule has 4 rings (SSSR count). The van der Waals surface area contributed by atoms with Crippen molar-refractivity contribution in [3.8, 4) is 0 Å². The number of hydrogen-bond acceptors (Lipinski definition) is 6. The van der Waals surface area contributed by atoms with Crippen LogP contribution in [0.3, 0.4) is 0 Å². The fraction of sp³-hybridized carbons (Fsp3) is 0.0588. The van der Waals surface area contributed by atoms with Crippen LogP contribution in [0.15, 0.2) is 57.0 Å². The number of carbonyl (C=O) groups excluding carboxylic acids is 1. The highest BCUT2D eigenvalue weighted by atomic mass is 32.2. The van der Waals surface area contributed by atoms with Crippen molar-refractivity contribution < 1.29 is 9.21 Å². The SMILES string of the molecule is Cc1nc2ccc(C=C3SC(=Nc4cccnc4)NC3=O)cc2o1. The number of carbonyl (C=O) groups is 1. The van der Waals surface area contributed by atoms with E-state index >= 15 is 0 Å². The summed E-state index contributed by atoms with van der Waals surface area (Å²) in [6.07, 6.45) is 5.13. The summed E-state index contributed by atoms with van der Waals surface area (Å²) in [5.74, 6) is 0.449. The molecule has 7 heteroatoms. The van der Waals surface area contributed by atoms with Gasteiger partial charge in [-0.1, -0.05) is 6.07 Å². The minimum absolute atomic E-state index is 0.170. The van der Waals surface area contributed by atoms with Gasteiger partial charge >= 0.3 is 0 Å². The lowest BCUT2D eigenvalue weighted by atomic mass is 10.2. The molecular weight excluding hydrogens is 324 g/mol. The predicted octanol–water partition coefficient (Wildman–Crippen LogP) is 3.42. The van der Waals surface area contributed by atoms with Crippen LogP contribution in [0.1, 0.15) is 11.5 Å². The molecule has 1 fully saturated rings. The van der Waals surface area contributed by atoms with Gasteiger partial charge < -0.3 is 9.73 Å². The van der Waals surface area contributed by atoms with Gasteiger partial charge in [-0.25, -0.2) is 9.98 Å². The van der Waals surface area contributed by atoms with Crippen molar-refractivity contribution in [3.63, 3.8) is 0 Å². The van der Waals surface area contributed by atoms with Crippen molar-refractivity contribution in [2.45, 2.75) is 6.92 Å². The number of benzene rings is 1. The van der Waals surface area contributed by atoms with Crippen molar-refractivity contribution in [1.82, 2.24) is 15.3 Å². The fourth-order valence-electron chi connectivity index (χ4n) is 2.32. The maximum Gasteiger partial charge on any atom is 0.264 e. The number of aryl methyl sites for hydroxylation is 1. The van der Waals surface area contributed by atoms with Crippen LogP contribution in [-0.4, -0.2) is 21.0 Å². The molecule has 0 saturated carbocycles. The lowest BCUT2D eigenvalue weighted by molar-refractivity contribution is -0.115. The summed E-state index contributed by atoms with van der Waals surface area (Å²) < 4.78 is 5.52. The van der Waals surface area contributed by atoms with Gasteiger partial charge in [-0.15, -0.1) is 0 Å². The minimum Gasteiger partial charge on any atom is -0.441 e. The normalized spacial score (nSPS) is 17.8. The van der Waals surface area contributed by atoms with Crippen LogP contribution in [0.4, 0.5) is 5.69 Å². The molecule has 1 saturated heterocycles. The van der Waals surface area contributed by atoms with Crippen molar-refractivity contribution >= 4 is 45.7 Å².